The van der Waals surface area contributed by atoms with Crippen LogP contribution in [-0.2, 0) is 19.5 Å². The smallest absolute Gasteiger partial charge is 0.240 e. The molecule has 6 aromatic rings. The second-order valence-corrected chi connectivity index (χ2v) is 12.7. The van der Waals surface area contributed by atoms with E-state index >= 15 is 0 Å². The minimum atomic E-state index is -5.05. The van der Waals surface area contributed by atoms with Crippen molar-refractivity contribution in [2.24, 2.45) is 0 Å². The molecule has 0 unspecified atom stereocenters. The van der Waals surface area contributed by atoms with Crippen LogP contribution in [0.25, 0.3) is 22.5 Å². The lowest BCUT2D eigenvalue weighted by molar-refractivity contribution is -0.777. The van der Waals surface area contributed by atoms with E-state index in [-0.39, 0.29) is 39.2 Å². The Balaban J connectivity index is 1.26. The summed E-state index contributed by atoms with van der Waals surface area (Å²) in [6, 6.07) is 26.6. The quantitative estimate of drug-likeness (QED) is 0.0410. The molecule has 0 saturated heterocycles. The Morgan fingerprint density at radius 1 is 0.700 bits per heavy atom. The summed E-state index contributed by atoms with van der Waals surface area (Å²) in [5.74, 6) is -0.352. The third kappa shape index (κ3) is 7.15. The summed E-state index contributed by atoms with van der Waals surface area (Å²) in [5, 5.41) is 44.6. The summed E-state index contributed by atoms with van der Waals surface area (Å²) in [6.07, 6.45) is 0. The van der Waals surface area contributed by atoms with Crippen molar-refractivity contribution in [2.45, 2.75) is 23.6 Å². The van der Waals surface area contributed by atoms with Crippen molar-refractivity contribution >= 4 is 44.9 Å². The molecular formula is C32H28N8O8S2-2. The zero-order valence-corrected chi connectivity index (χ0v) is 27.8. The number of rotatable bonds is 13. The molecule has 6 N–H and O–H groups in total. The van der Waals surface area contributed by atoms with Crippen molar-refractivity contribution in [3.8, 4) is 34.3 Å². The zero-order valence-electron chi connectivity index (χ0n) is 26.2. The molecule has 0 amide bonds. The molecule has 0 aliphatic rings. The average molecular weight is 717 g/mol. The van der Waals surface area contributed by atoms with Crippen molar-refractivity contribution in [1.82, 2.24) is 19.6 Å². The van der Waals surface area contributed by atoms with Gasteiger partial charge in [0.15, 0.2) is 0 Å². The summed E-state index contributed by atoms with van der Waals surface area (Å²) in [6.45, 7) is 3.37. The van der Waals surface area contributed by atoms with E-state index in [9.17, 15) is 28.4 Å². The Hall–Kier alpha value is -5.76. The lowest BCUT2D eigenvalue weighted by Crippen LogP contribution is -2.11. The Bertz CT molecular complexity index is 2250. The molecule has 16 nitrogen and oxygen atoms in total. The molecule has 0 fully saturated rings. The Labute approximate surface area is 289 Å². The molecule has 0 radical (unpaired) electrons. The van der Waals surface area contributed by atoms with Crippen LogP contribution in [0.3, 0.4) is 0 Å². The average Bonchev–Trinajstić information content (AvgIpc) is 3.57. The van der Waals surface area contributed by atoms with Crippen LogP contribution < -0.4 is 27.0 Å². The predicted octanol–water partition coefficient (Wildman–Crippen LogP) is 4.77. The summed E-state index contributed by atoms with van der Waals surface area (Å²) in [5.41, 5.74) is 15.0. The molecule has 4 aromatic carbocycles. The molecule has 258 valence electrons. The number of aromatic nitrogens is 4. The van der Waals surface area contributed by atoms with Gasteiger partial charge in [0.25, 0.3) is 0 Å². The summed E-state index contributed by atoms with van der Waals surface area (Å²) in [4.78, 5) is -0.381. The second-order valence-electron chi connectivity index (χ2n) is 10.7. The fourth-order valence-electron chi connectivity index (χ4n) is 5.06. The standard InChI is InChI=1S/C32H30N8O8S2/c1-19-29(31(41)39(37-19)23-9-5-3-6-10-23)35-33-21-13-15-25(27(17-21)49-48-47-43)26-16-14-22(18-28(26)50(44,45)46)34-36-30-20(2)38-40(32(30)42)24-11-7-4-8-12-24/h3-18,33-36,41-43H,1-2H3,(H,44,45,46)/p-2. The first-order chi connectivity index (χ1) is 24.0. The number of hydrazine groups is 2. The molecule has 2 aromatic heterocycles. The fourth-order valence-corrected chi connectivity index (χ4v) is 6.32. The molecule has 50 heavy (non-hydrogen) atoms. The number of para-hydroxylation sites is 2. The van der Waals surface area contributed by atoms with Gasteiger partial charge >= 0.3 is 0 Å². The zero-order chi connectivity index (χ0) is 35.4. The lowest BCUT2D eigenvalue weighted by Gasteiger charge is -2.19. The molecule has 6 rings (SSSR count). The number of hydrogen-bond acceptors (Lipinski definition) is 15. The summed E-state index contributed by atoms with van der Waals surface area (Å²) >= 11 is 0.490. The highest BCUT2D eigenvalue weighted by Gasteiger charge is 2.20. The molecule has 2 heterocycles. The van der Waals surface area contributed by atoms with Crippen LogP contribution in [0.2, 0.25) is 0 Å². The molecule has 0 saturated carbocycles. The van der Waals surface area contributed by atoms with E-state index < -0.39 is 15.0 Å². The maximum atomic E-state index is 12.5. The van der Waals surface area contributed by atoms with Crippen molar-refractivity contribution < 1.29 is 37.8 Å². The predicted molar refractivity (Wildman–Crippen MR) is 182 cm³/mol. The minimum Gasteiger partial charge on any atom is -0.744 e. The van der Waals surface area contributed by atoms with Crippen molar-refractivity contribution in [3.05, 3.63) is 108 Å². The van der Waals surface area contributed by atoms with Gasteiger partial charge in [-0.05, 0) is 67.9 Å². The van der Waals surface area contributed by atoms with Crippen LogP contribution in [0, 0.1) is 13.8 Å². The molecule has 0 aliphatic carbocycles. The largest absolute Gasteiger partial charge is 0.744 e. The monoisotopic (exact) mass is 716 g/mol. The first-order valence-corrected chi connectivity index (χ1v) is 16.8. The van der Waals surface area contributed by atoms with E-state index in [1.807, 2.05) is 24.3 Å². The normalized spacial score (nSPS) is 11.4. The first kappa shape index (κ1) is 34.1. The SMILES string of the molecule is Cc1nn(-c2ccccc2)c(O)c1NNc1ccc(-c2ccc(NNc3c(C)nn(-c4ccccc4)c3O)cc2S(=O)(=O)[O-])c(SOO[O-])c1. The van der Waals surface area contributed by atoms with Crippen LogP contribution >= 0.6 is 12.0 Å². The number of benzene rings is 4. The molecular weight excluding hydrogens is 689 g/mol. The Morgan fingerprint density at radius 2 is 1.18 bits per heavy atom. The van der Waals surface area contributed by atoms with Gasteiger partial charge in [0.05, 0.1) is 51.1 Å². The summed E-state index contributed by atoms with van der Waals surface area (Å²) < 4.78 is 44.8. The van der Waals surface area contributed by atoms with Crippen molar-refractivity contribution in [1.29, 1.82) is 0 Å². The van der Waals surface area contributed by atoms with Gasteiger partial charge in [0, 0.05) is 10.5 Å². The molecule has 18 heteroatoms. The number of anilines is 4. The van der Waals surface area contributed by atoms with Gasteiger partial charge in [0.2, 0.25) is 11.8 Å². The van der Waals surface area contributed by atoms with Crippen molar-refractivity contribution in [3.63, 3.8) is 0 Å². The maximum absolute atomic E-state index is 12.5. The van der Waals surface area contributed by atoms with Crippen LogP contribution in [-0.4, -0.2) is 42.7 Å². The number of nitrogens with one attached hydrogen (secondary N) is 4. The number of aromatic hydroxyl groups is 2. The Kier molecular flexibility index (Phi) is 9.81. The molecule has 0 bridgehead atoms. The van der Waals surface area contributed by atoms with Crippen LogP contribution in [0.4, 0.5) is 22.7 Å². The second kappa shape index (κ2) is 14.4. The maximum Gasteiger partial charge on any atom is 0.240 e. The van der Waals surface area contributed by atoms with Crippen molar-refractivity contribution in [2.75, 3.05) is 21.7 Å². The highest BCUT2D eigenvalue weighted by molar-refractivity contribution is 7.94. The van der Waals surface area contributed by atoms with Gasteiger partial charge in [-0.25, -0.2) is 8.42 Å². The Morgan fingerprint density at radius 3 is 1.66 bits per heavy atom. The van der Waals surface area contributed by atoms with E-state index in [1.165, 1.54) is 33.6 Å². The van der Waals surface area contributed by atoms with Crippen LogP contribution in [0.15, 0.2) is 107 Å². The topological polar surface area (TPSA) is 223 Å². The third-order valence-corrected chi connectivity index (χ3v) is 8.93. The van der Waals surface area contributed by atoms with Gasteiger partial charge in [-0.15, -0.1) is 0 Å². The number of aryl methyl sites for hydroxylation is 2. The van der Waals surface area contributed by atoms with Gasteiger partial charge in [-0.3, -0.25) is 15.9 Å². The van der Waals surface area contributed by atoms with Gasteiger partial charge in [0.1, 0.15) is 21.5 Å². The lowest BCUT2D eigenvalue weighted by atomic mass is 10.0. The van der Waals surface area contributed by atoms with Crippen LogP contribution in [0.1, 0.15) is 11.4 Å². The minimum absolute atomic E-state index is 0.00982. The summed E-state index contributed by atoms with van der Waals surface area (Å²) in [7, 11) is -5.05. The highest BCUT2D eigenvalue weighted by atomic mass is 32.2. The van der Waals surface area contributed by atoms with Gasteiger partial charge in [-0.1, -0.05) is 48.5 Å². The molecule has 0 atom stereocenters. The van der Waals surface area contributed by atoms with E-state index in [2.05, 4.69) is 41.3 Å². The van der Waals surface area contributed by atoms with Gasteiger partial charge in [-0.2, -0.15) is 23.9 Å². The molecule has 0 spiro atoms. The number of hydrogen-bond donors (Lipinski definition) is 6. The van der Waals surface area contributed by atoms with E-state index in [0.717, 1.165) is 6.07 Å². The highest BCUT2D eigenvalue weighted by Crippen LogP contribution is 2.39. The number of nitrogens with zero attached hydrogens (tertiary/aromatic N) is 4. The van der Waals surface area contributed by atoms with E-state index in [0.29, 0.717) is 46.2 Å². The fraction of sp³-hybridized carbons (Fsp3) is 0.0625. The van der Waals surface area contributed by atoms with Crippen LogP contribution in [0.5, 0.6) is 11.8 Å². The molecule has 0 aliphatic heterocycles. The van der Waals surface area contributed by atoms with E-state index in [1.54, 1.807) is 56.3 Å². The van der Waals surface area contributed by atoms with Gasteiger partial charge < -0.3 is 30.9 Å². The first-order valence-electron chi connectivity index (χ1n) is 14.6. The third-order valence-electron chi connectivity index (χ3n) is 7.41. The van der Waals surface area contributed by atoms with E-state index in [4.69, 9.17) is 0 Å².